The van der Waals surface area contributed by atoms with E-state index < -0.39 is 0 Å². The molecule has 2 aliphatic heterocycles. The monoisotopic (exact) mass is 324 g/mol. The van der Waals surface area contributed by atoms with Crippen LogP contribution in [0.15, 0.2) is 22.7 Å². The van der Waals surface area contributed by atoms with Crippen LogP contribution in [0.3, 0.4) is 0 Å². The van der Waals surface area contributed by atoms with E-state index in [1.807, 2.05) is 6.07 Å². The van der Waals surface area contributed by atoms with E-state index in [1.54, 1.807) is 7.11 Å². The van der Waals surface area contributed by atoms with Crippen LogP contribution in [-0.4, -0.2) is 37.2 Å². The van der Waals surface area contributed by atoms with Gasteiger partial charge in [-0.3, -0.25) is 4.90 Å². The molecule has 2 atom stereocenters. The highest BCUT2D eigenvalue weighted by molar-refractivity contribution is 9.10. The second-order valence-corrected chi connectivity index (χ2v) is 6.43. The quantitative estimate of drug-likeness (QED) is 0.921. The van der Waals surface area contributed by atoms with Crippen LogP contribution in [0.2, 0.25) is 0 Å². The maximum Gasteiger partial charge on any atom is 0.122 e. The van der Waals surface area contributed by atoms with Gasteiger partial charge in [0, 0.05) is 34.9 Å². The van der Waals surface area contributed by atoms with Crippen molar-refractivity contribution in [1.82, 2.24) is 4.90 Å². The summed E-state index contributed by atoms with van der Waals surface area (Å²) in [6.07, 6.45) is 5.33. The minimum atomic E-state index is 0.583. The highest BCUT2D eigenvalue weighted by atomic mass is 79.9. The van der Waals surface area contributed by atoms with Gasteiger partial charge in [0.1, 0.15) is 5.75 Å². The number of nitrogens with one attached hydrogen (secondary N) is 1. The van der Waals surface area contributed by atoms with Crippen molar-refractivity contribution in [3.8, 4) is 5.75 Å². The molecule has 2 unspecified atom stereocenters. The van der Waals surface area contributed by atoms with Gasteiger partial charge in [-0.15, -0.1) is 0 Å². The molecule has 0 aromatic heterocycles. The smallest absolute Gasteiger partial charge is 0.122 e. The highest BCUT2D eigenvalue weighted by Gasteiger charge is 2.35. The Morgan fingerprint density at radius 2 is 2.11 bits per heavy atom. The summed E-state index contributed by atoms with van der Waals surface area (Å²) in [6, 6.07) is 7.51. The largest absolute Gasteiger partial charge is 0.497 e. The van der Waals surface area contributed by atoms with E-state index in [1.165, 1.54) is 38.8 Å². The number of hydrogen-bond donors (Lipinski definition) is 1. The molecule has 0 amide bonds. The first-order chi connectivity index (χ1) is 9.26. The van der Waals surface area contributed by atoms with Crippen molar-refractivity contribution in [2.75, 3.05) is 25.5 Å². The molecule has 1 N–H and O–H groups in total. The SMILES string of the molecule is COc1cc(Br)cc(NC2CCN3CCCCC23)c1. The second kappa shape index (κ2) is 5.71. The molecule has 2 aliphatic rings. The third-order valence-electron chi connectivity index (χ3n) is 4.32. The fourth-order valence-corrected chi connectivity index (χ4v) is 3.87. The summed E-state index contributed by atoms with van der Waals surface area (Å²) in [5.41, 5.74) is 1.16. The Morgan fingerprint density at radius 3 is 2.95 bits per heavy atom. The Morgan fingerprint density at radius 1 is 1.21 bits per heavy atom. The van der Waals surface area contributed by atoms with Crippen LogP contribution in [0.4, 0.5) is 5.69 Å². The Balaban J connectivity index is 1.72. The van der Waals surface area contributed by atoms with Crippen LogP contribution in [-0.2, 0) is 0 Å². The van der Waals surface area contributed by atoms with Gasteiger partial charge in [0.25, 0.3) is 0 Å². The van der Waals surface area contributed by atoms with E-state index in [-0.39, 0.29) is 0 Å². The van der Waals surface area contributed by atoms with Crippen molar-refractivity contribution in [3.05, 3.63) is 22.7 Å². The standard InChI is InChI=1S/C15H21BrN2O/c1-19-13-9-11(16)8-12(10-13)17-14-5-7-18-6-3-2-4-15(14)18/h8-10,14-15,17H,2-7H2,1H3. The third kappa shape index (κ3) is 2.90. The minimum Gasteiger partial charge on any atom is -0.497 e. The first kappa shape index (κ1) is 13.3. The van der Waals surface area contributed by atoms with Crippen LogP contribution < -0.4 is 10.1 Å². The maximum atomic E-state index is 5.33. The van der Waals surface area contributed by atoms with E-state index in [2.05, 4.69) is 38.3 Å². The molecule has 19 heavy (non-hydrogen) atoms. The van der Waals surface area contributed by atoms with E-state index >= 15 is 0 Å². The van der Waals surface area contributed by atoms with Crippen molar-refractivity contribution in [1.29, 1.82) is 0 Å². The first-order valence-corrected chi connectivity index (χ1v) is 7.91. The molecule has 0 spiro atoms. The number of fused-ring (bicyclic) bond motifs is 1. The molecular formula is C15H21BrN2O. The van der Waals surface area contributed by atoms with Crippen LogP contribution in [0, 0.1) is 0 Å². The molecule has 2 heterocycles. The summed E-state index contributed by atoms with van der Waals surface area (Å²) < 4.78 is 6.39. The van der Waals surface area contributed by atoms with Crippen LogP contribution in [0.1, 0.15) is 25.7 Å². The highest BCUT2D eigenvalue weighted by Crippen LogP contribution is 2.31. The Labute approximate surface area is 123 Å². The van der Waals surface area contributed by atoms with Crippen molar-refractivity contribution in [2.45, 2.75) is 37.8 Å². The predicted octanol–water partition coefficient (Wildman–Crippen LogP) is 3.50. The summed E-state index contributed by atoms with van der Waals surface area (Å²) in [5.74, 6) is 0.898. The number of ether oxygens (including phenoxy) is 1. The van der Waals surface area contributed by atoms with Crippen LogP contribution >= 0.6 is 15.9 Å². The molecule has 1 aromatic carbocycles. The van der Waals surface area contributed by atoms with Gasteiger partial charge in [-0.1, -0.05) is 22.4 Å². The minimum absolute atomic E-state index is 0.583. The average Bonchev–Trinajstić information content (AvgIpc) is 2.82. The van der Waals surface area contributed by atoms with Gasteiger partial charge in [-0.25, -0.2) is 0 Å². The topological polar surface area (TPSA) is 24.5 Å². The fourth-order valence-electron chi connectivity index (χ4n) is 3.39. The average molecular weight is 325 g/mol. The first-order valence-electron chi connectivity index (χ1n) is 7.11. The predicted molar refractivity (Wildman–Crippen MR) is 81.9 cm³/mol. The molecule has 2 saturated heterocycles. The molecule has 104 valence electrons. The van der Waals surface area contributed by atoms with Gasteiger partial charge in [0.05, 0.1) is 7.11 Å². The number of methoxy groups -OCH3 is 1. The lowest BCUT2D eigenvalue weighted by Gasteiger charge is -2.33. The van der Waals surface area contributed by atoms with E-state index in [4.69, 9.17) is 4.74 Å². The number of rotatable bonds is 3. The van der Waals surface area contributed by atoms with Crippen LogP contribution in [0.25, 0.3) is 0 Å². The Kier molecular flexibility index (Phi) is 3.99. The van der Waals surface area contributed by atoms with Crippen LogP contribution in [0.5, 0.6) is 5.75 Å². The number of halogens is 1. The lowest BCUT2D eigenvalue weighted by Crippen LogP contribution is -2.41. The zero-order valence-electron chi connectivity index (χ0n) is 11.4. The molecular weight excluding hydrogens is 304 g/mol. The number of nitrogens with zero attached hydrogens (tertiary/aromatic N) is 1. The molecule has 2 fully saturated rings. The third-order valence-corrected chi connectivity index (χ3v) is 4.77. The summed E-state index contributed by atoms with van der Waals surface area (Å²) >= 11 is 3.54. The lowest BCUT2D eigenvalue weighted by molar-refractivity contribution is 0.193. The molecule has 0 radical (unpaired) electrons. The van der Waals surface area contributed by atoms with Gasteiger partial charge in [0.15, 0.2) is 0 Å². The van der Waals surface area contributed by atoms with E-state index in [0.29, 0.717) is 6.04 Å². The number of piperidine rings is 1. The zero-order chi connectivity index (χ0) is 13.2. The van der Waals surface area contributed by atoms with E-state index in [9.17, 15) is 0 Å². The molecule has 1 aromatic rings. The second-order valence-electron chi connectivity index (χ2n) is 5.52. The Bertz CT molecular complexity index is 452. The summed E-state index contributed by atoms with van der Waals surface area (Å²) in [6.45, 7) is 2.53. The van der Waals surface area contributed by atoms with Crippen molar-refractivity contribution in [3.63, 3.8) is 0 Å². The van der Waals surface area contributed by atoms with Gasteiger partial charge < -0.3 is 10.1 Å². The molecule has 3 nitrogen and oxygen atoms in total. The van der Waals surface area contributed by atoms with Gasteiger partial charge in [-0.2, -0.15) is 0 Å². The summed E-state index contributed by atoms with van der Waals surface area (Å²) in [7, 11) is 1.71. The molecule has 0 aliphatic carbocycles. The lowest BCUT2D eigenvalue weighted by atomic mass is 9.99. The fraction of sp³-hybridized carbons (Fsp3) is 0.600. The Hall–Kier alpha value is -0.740. The summed E-state index contributed by atoms with van der Waals surface area (Å²) in [5, 5.41) is 3.70. The molecule has 0 bridgehead atoms. The van der Waals surface area contributed by atoms with Crippen molar-refractivity contribution < 1.29 is 4.74 Å². The van der Waals surface area contributed by atoms with Crippen molar-refractivity contribution in [2.24, 2.45) is 0 Å². The molecule has 0 saturated carbocycles. The number of benzene rings is 1. The maximum absolute atomic E-state index is 5.33. The normalized spacial score (nSPS) is 27.1. The number of hydrogen-bond acceptors (Lipinski definition) is 3. The van der Waals surface area contributed by atoms with E-state index in [0.717, 1.165) is 22.0 Å². The molecule has 4 heteroatoms. The summed E-state index contributed by atoms with van der Waals surface area (Å²) in [4.78, 5) is 2.65. The van der Waals surface area contributed by atoms with Gasteiger partial charge >= 0.3 is 0 Å². The zero-order valence-corrected chi connectivity index (χ0v) is 12.9. The molecule has 3 rings (SSSR count). The number of anilines is 1. The van der Waals surface area contributed by atoms with Gasteiger partial charge in [0.2, 0.25) is 0 Å². The van der Waals surface area contributed by atoms with Gasteiger partial charge in [-0.05, 0) is 37.9 Å². The van der Waals surface area contributed by atoms with Crippen molar-refractivity contribution >= 4 is 21.6 Å².